The Labute approximate surface area is 161 Å². The fourth-order valence-electron chi connectivity index (χ4n) is 4.31. The van der Waals surface area contributed by atoms with Crippen LogP contribution in [0.4, 0.5) is 0 Å². The van der Waals surface area contributed by atoms with E-state index in [-0.39, 0.29) is 7.92 Å². The third-order valence-electron chi connectivity index (χ3n) is 5.49. The Bertz CT molecular complexity index is 792. The van der Waals surface area contributed by atoms with Crippen LogP contribution >= 0.6 is 7.92 Å². The third kappa shape index (κ3) is 3.70. The van der Waals surface area contributed by atoms with Crippen LogP contribution in [0.5, 0.6) is 0 Å². The maximum absolute atomic E-state index is 3.89. The second-order valence-electron chi connectivity index (χ2n) is 7.09. The van der Waals surface area contributed by atoms with Gasteiger partial charge in [0, 0.05) is 0 Å². The van der Waals surface area contributed by atoms with Gasteiger partial charge in [0.15, 0.2) is 0 Å². The van der Waals surface area contributed by atoms with E-state index in [0.29, 0.717) is 11.6 Å². The van der Waals surface area contributed by atoms with Gasteiger partial charge in [-0.05, 0) is 48.5 Å². The van der Waals surface area contributed by atoms with Gasteiger partial charge in [0.2, 0.25) is 0 Å². The highest BCUT2D eigenvalue weighted by molar-refractivity contribution is 7.73. The van der Waals surface area contributed by atoms with Crippen molar-refractivity contribution in [3.63, 3.8) is 0 Å². The lowest BCUT2D eigenvalue weighted by atomic mass is 9.83. The molecule has 2 unspecified atom stereocenters. The molecule has 0 nitrogen and oxygen atoms in total. The van der Waals surface area contributed by atoms with E-state index in [2.05, 4.69) is 95.2 Å². The molecule has 0 saturated heterocycles. The molecule has 3 aromatic rings. The summed E-state index contributed by atoms with van der Waals surface area (Å²) in [5, 5.41) is 4.29. The van der Waals surface area contributed by atoms with Crippen LogP contribution in [0.3, 0.4) is 0 Å². The zero-order valence-corrected chi connectivity index (χ0v) is 16.9. The van der Waals surface area contributed by atoms with Crippen molar-refractivity contribution in [3.8, 4) is 0 Å². The van der Waals surface area contributed by atoms with E-state index in [1.54, 1.807) is 0 Å². The van der Waals surface area contributed by atoms with Crippen molar-refractivity contribution in [2.75, 3.05) is 0 Å². The summed E-state index contributed by atoms with van der Waals surface area (Å²) in [6.07, 6.45) is 5.31. The van der Waals surface area contributed by atoms with E-state index < -0.39 is 0 Å². The molecule has 0 spiro atoms. The predicted octanol–water partition coefficient (Wildman–Crippen LogP) is 4.64. The van der Waals surface area contributed by atoms with Crippen molar-refractivity contribution in [3.05, 3.63) is 90.5 Å². The number of benzene rings is 3. The number of hydrogen-bond acceptors (Lipinski definition) is 0. The van der Waals surface area contributed by atoms with Gasteiger partial charge in [-0.1, -0.05) is 103 Å². The number of rotatable bonds is 4. The fraction of sp³-hybridized carbons (Fsp3) is 0.250. The Balaban J connectivity index is 1.79. The second kappa shape index (κ2) is 8.33. The lowest BCUT2D eigenvalue weighted by Gasteiger charge is -2.39. The molecule has 1 aliphatic carbocycles. The Kier molecular flexibility index (Phi) is 5.67. The highest BCUT2D eigenvalue weighted by atomic mass is 31.1. The average Bonchev–Trinajstić information content (AvgIpc) is 2.71. The monoisotopic (exact) mass is 371 g/mol. The Morgan fingerprint density at radius 3 is 1.81 bits per heavy atom. The van der Waals surface area contributed by atoms with Gasteiger partial charge in [0.05, 0.1) is 10.2 Å². The van der Waals surface area contributed by atoms with Gasteiger partial charge in [-0.25, -0.2) is 0 Å². The van der Waals surface area contributed by atoms with Crippen LogP contribution in [0.25, 0.3) is 0 Å². The number of hydrogen-bond donors (Lipinski definition) is 0. The summed E-state index contributed by atoms with van der Waals surface area (Å²) >= 11 is 0. The van der Waals surface area contributed by atoms with Gasteiger partial charge in [-0.3, -0.25) is 0 Å². The largest absolute Gasteiger partial charge is 0.0715 e. The summed E-state index contributed by atoms with van der Waals surface area (Å²) in [6.45, 7) is 0. The summed E-state index contributed by atoms with van der Waals surface area (Å²) in [7, 11) is 3.52. The molecule has 2 atom stereocenters. The molecule has 0 aliphatic heterocycles. The van der Waals surface area contributed by atoms with Crippen LogP contribution in [0.15, 0.2) is 84.9 Å². The summed E-state index contributed by atoms with van der Waals surface area (Å²) in [5.74, 6) is 0.629. The first-order chi connectivity index (χ1) is 12.8. The molecular formula is C24H24PSi. The first-order valence-corrected chi connectivity index (χ1v) is 11.5. The van der Waals surface area contributed by atoms with E-state index in [4.69, 9.17) is 0 Å². The summed E-state index contributed by atoms with van der Waals surface area (Å²) in [5.41, 5.74) is 2.19. The molecule has 3 aromatic carbocycles. The molecule has 0 amide bonds. The molecule has 1 fully saturated rings. The van der Waals surface area contributed by atoms with Crippen LogP contribution in [-0.2, 0) is 0 Å². The Hall–Kier alpha value is -1.69. The second-order valence-corrected chi connectivity index (χ2v) is 10.1. The van der Waals surface area contributed by atoms with Crippen LogP contribution < -0.4 is 15.8 Å². The molecule has 0 heterocycles. The summed E-state index contributed by atoms with van der Waals surface area (Å²) < 4.78 is 0. The lowest BCUT2D eigenvalue weighted by Crippen LogP contribution is -2.32. The van der Waals surface area contributed by atoms with E-state index in [0.717, 1.165) is 0 Å². The van der Waals surface area contributed by atoms with E-state index in [9.17, 15) is 0 Å². The molecule has 0 N–H and O–H groups in total. The highest BCUT2D eigenvalue weighted by Crippen LogP contribution is 2.51. The van der Waals surface area contributed by atoms with Crippen LogP contribution in [0.1, 0.15) is 37.2 Å². The van der Waals surface area contributed by atoms with Gasteiger partial charge >= 0.3 is 0 Å². The van der Waals surface area contributed by atoms with Crippen LogP contribution in [0, 0.1) is 0 Å². The summed E-state index contributed by atoms with van der Waals surface area (Å²) in [6, 6.07) is 31.3. The molecule has 1 saturated carbocycles. The van der Waals surface area contributed by atoms with Crippen molar-refractivity contribution < 1.29 is 0 Å². The standard InChI is InChI=1S/C24H24PSi/c26-24-18-10-8-16-22(24)21-15-7-9-17-23(21)25(19-11-3-1-4-12-19)20-13-5-2-6-14-20/h1-6,8,10-14,16,18,21,23H,7,9,15,17H2. The first-order valence-electron chi connectivity index (χ1n) is 9.54. The topological polar surface area (TPSA) is 0 Å². The molecule has 26 heavy (non-hydrogen) atoms. The van der Waals surface area contributed by atoms with Gasteiger partial charge in [-0.15, -0.1) is 0 Å². The van der Waals surface area contributed by atoms with Crippen molar-refractivity contribution in [2.24, 2.45) is 0 Å². The smallest absolute Gasteiger partial charge is 0.0639 e. The Morgan fingerprint density at radius 1 is 0.654 bits per heavy atom. The summed E-state index contributed by atoms with van der Waals surface area (Å²) in [4.78, 5) is 0. The molecule has 1 aliphatic rings. The van der Waals surface area contributed by atoms with Crippen LogP contribution in [0.2, 0.25) is 0 Å². The molecule has 2 heteroatoms. The predicted molar refractivity (Wildman–Crippen MR) is 116 cm³/mol. The van der Waals surface area contributed by atoms with Crippen LogP contribution in [-0.4, -0.2) is 15.9 Å². The molecule has 129 valence electrons. The minimum absolute atomic E-state index is 0.366. The van der Waals surface area contributed by atoms with Gasteiger partial charge in [0.25, 0.3) is 0 Å². The highest BCUT2D eigenvalue weighted by Gasteiger charge is 2.34. The first kappa shape index (κ1) is 17.7. The van der Waals surface area contributed by atoms with Gasteiger partial charge in [0.1, 0.15) is 0 Å². The minimum Gasteiger partial charge on any atom is -0.0639 e. The maximum Gasteiger partial charge on any atom is 0.0715 e. The zero-order chi connectivity index (χ0) is 17.8. The average molecular weight is 372 g/mol. The lowest BCUT2D eigenvalue weighted by molar-refractivity contribution is 0.454. The maximum atomic E-state index is 3.89. The van der Waals surface area contributed by atoms with Crippen molar-refractivity contribution in [1.29, 1.82) is 0 Å². The fourth-order valence-corrected chi connectivity index (χ4v) is 7.84. The quantitative estimate of drug-likeness (QED) is 0.463. The van der Waals surface area contributed by atoms with Gasteiger partial charge in [-0.2, -0.15) is 0 Å². The van der Waals surface area contributed by atoms with Crippen molar-refractivity contribution in [1.82, 2.24) is 0 Å². The zero-order valence-electron chi connectivity index (χ0n) is 15.0. The van der Waals surface area contributed by atoms with E-state index >= 15 is 0 Å². The molecule has 0 aromatic heterocycles. The van der Waals surface area contributed by atoms with E-state index in [1.807, 2.05) is 0 Å². The molecule has 4 rings (SSSR count). The molecule has 3 radical (unpaired) electrons. The molecule has 0 bridgehead atoms. The third-order valence-corrected chi connectivity index (χ3v) is 8.94. The van der Waals surface area contributed by atoms with Crippen molar-refractivity contribution in [2.45, 2.75) is 37.3 Å². The Morgan fingerprint density at radius 2 is 1.19 bits per heavy atom. The minimum atomic E-state index is -0.366. The van der Waals surface area contributed by atoms with Crippen molar-refractivity contribution >= 4 is 34.0 Å². The molecular weight excluding hydrogens is 347 g/mol. The SMILES string of the molecule is [Si]c1ccccc1C1CCCCC1P(c1ccccc1)c1ccccc1. The normalized spacial score (nSPS) is 20.2. The van der Waals surface area contributed by atoms with Gasteiger partial charge < -0.3 is 0 Å². The van der Waals surface area contributed by atoms with E-state index in [1.165, 1.54) is 47.0 Å².